The van der Waals surface area contributed by atoms with Crippen LogP contribution < -0.4 is 10.1 Å². The molecule has 1 atom stereocenters. The summed E-state index contributed by atoms with van der Waals surface area (Å²) < 4.78 is 33.0. The number of hydrogen-bond donors (Lipinski definition) is 2. The van der Waals surface area contributed by atoms with E-state index in [1.807, 2.05) is 0 Å². The van der Waals surface area contributed by atoms with Crippen molar-refractivity contribution in [2.75, 3.05) is 26.7 Å². The van der Waals surface area contributed by atoms with Crippen LogP contribution in [-0.2, 0) is 4.79 Å². The van der Waals surface area contributed by atoms with Gasteiger partial charge in [0, 0.05) is 31.8 Å². The van der Waals surface area contributed by atoms with E-state index in [1.165, 1.54) is 12.0 Å². The molecular weight excluding hydrogens is 334 g/mol. The van der Waals surface area contributed by atoms with Crippen LogP contribution >= 0.6 is 0 Å². The zero-order valence-electron chi connectivity index (χ0n) is 13.8. The topological polar surface area (TPSA) is 78.9 Å². The van der Waals surface area contributed by atoms with Crippen molar-refractivity contribution in [3.05, 3.63) is 29.3 Å². The summed E-state index contributed by atoms with van der Waals surface area (Å²) in [4.78, 5) is 25.0. The molecular formula is C17H20F2N2O4. The second-order valence-electron chi connectivity index (χ2n) is 6.73. The molecule has 1 amide bonds. The monoisotopic (exact) mass is 354 g/mol. The number of piperidine rings is 1. The van der Waals surface area contributed by atoms with E-state index in [1.54, 1.807) is 0 Å². The molecule has 1 unspecified atom stereocenters. The number of rotatable bonds is 3. The Labute approximate surface area is 143 Å². The molecule has 0 saturated carbocycles. The Balaban J connectivity index is 1.70. The van der Waals surface area contributed by atoms with E-state index in [9.17, 15) is 18.4 Å². The normalized spacial score (nSPS) is 22.2. The molecule has 3 rings (SSSR count). The zero-order valence-corrected chi connectivity index (χ0v) is 13.8. The van der Waals surface area contributed by atoms with Crippen LogP contribution in [0.1, 0.15) is 29.6 Å². The van der Waals surface area contributed by atoms with Crippen LogP contribution in [-0.4, -0.2) is 54.7 Å². The Bertz CT molecular complexity index is 679. The lowest BCUT2D eigenvalue weighted by molar-refractivity contribution is -0.139. The summed E-state index contributed by atoms with van der Waals surface area (Å²) in [5.41, 5.74) is -0.749. The molecule has 0 aliphatic carbocycles. The summed E-state index contributed by atoms with van der Waals surface area (Å²) in [6.07, 6.45) is 1.72. The highest BCUT2D eigenvalue weighted by atomic mass is 19.1. The van der Waals surface area contributed by atoms with E-state index < -0.39 is 35.1 Å². The number of hydrogen-bond acceptors (Lipinski definition) is 4. The average Bonchev–Trinajstić information content (AvgIpc) is 2.98. The minimum absolute atomic E-state index is 0.0147. The maximum atomic E-state index is 14.1. The van der Waals surface area contributed by atoms with Gasteiger partial charge in [-0.2, -0.15) is 0 Å². The number of ether oxygens (including phenoxy) is 1. The van der Waals surface area contributed by atoms with E-state index in [-0.39, 0.29) is 11.2 Å². The molecule has 2 saturated heterocycles. The lowest BCUT2D eigenvalue weighted by atomic mass is 9.76. The van der Waals surface area contributed by atoms with Gasteiger partial charge in [-0.25, -0.2) is 8.78 Å². The Morgan fingerprint density at radius 1 is 1.28 bits per heavy atom. The first kappa shape index (κ1) is 17.6. The van der Waals surface area contributed by atoms with Gasteiger partial charge in [0.2, 0.25) is 0 Å². The molecule has 8 heteroatoms. The van der Waals surface area contributed by atoms with Crippen LogP contribution in [0.3, 0.4) is 0 Å². The number of carboxylic acids is 1. The van der Waals surface area contributed by atoms with E-state index in [4.69, 9.17) is 9.84 Å². The fourth-order valence-electron chi connectivity index (χ4n) is 3.69. The maximum Gasteiger partial charge on any atom is 0.320 e. The molecule has 2 heterocycles. The van der Waals surface area contributed by atoms with Crippen molar-refractivity contribution < 1.29 is 28.2 Å². The summed E-state index contributed by atoms with van der Waals surface area (Å²) in [5, 5.41) is 12.1. The van der Waals surface area contributed by atoms with E-state index >= 15 is 0 Å². The molecule has 0 bridgehead atoms. The van der Waals surface area contributed by atoms with Crippen LogP contribution in [0.15, 0.2) is 12.1 Å². The van der Waals surface area contributed by atoms with Gasteiger partial charge in [-0.3, -0.25) is 9.59 Å². The number of aliphatic carboxylic acids is 1. The largest absolute Gasteiger partial charge is 0.497 e. The Morgan fingerprint density at radius 3 is 2.36 bits per heavy atom. The number of nitrogens with zero attached hydrogens (tertiary/aromatic N) is 1. The minimum Gasteiger partial charge on any atom is -0.497 e. The summed E-state index contributed by atoms with van der Waals surface area (Å²) in [7, 11) is 1.29. The van der Waals surface area contributed by atoms with Crippen molar-refractivity contribution in [1.29, 1.82) is 0 Å². The first-order valence-electron chi connectivity index (χ1n) is 8.14. The summed E-state index contributed by atoms with van der Waals surface area (Å²) in [6, 6.07) is 1.40. The highest BCUT2D eigenvalue weighted by Gasteiger charge is 2.44. The van der Waals surface area contributed by atoms with Crippen molar-refractivity contribution >= 4 is 11.9 Å². The standard InChI is InChI=1S/C17H20F2N2O4/c1-25-10-6-11(18)14(12(19)7-10)15(22)21-4-2-17(3-5-21)8-13(16(23)24)20-9-17/h6-7,13,20H,2-5,8-9H2,1H3,(H,23,24). The SMILES string of the molecule is COc1cc(F)c(C(=O)N2CCC3(CC2)CNC(C(=O)O)C3)c(F)c1. The number of carboxylic acid groups (broad SMARTS) is 1. The fourth-order valence-corrected chi connectivity index (χ4v) is 3.69. The van der Waals surface area contributed by atoms with E-state index in [0.717, 1.165) is 12.1 Å². The highest BCUT2D eigenvalue weighted by molar-refractivity contribution is 5.95. The van der Waals surface area contributed by atoms with Crippen LogP contribution in [0.4, 0.5) is 8.78 Å². The van der Waals surface area contributed by atoms with Crippen molar-refractivity contribution in [3.8, 4) is 5.75 Å². The van der Waals surface area contributed by atoms with Gasteiger partial charge in [0.1, 0.15) is 29.0 Å². The predicted octanol–water partition coefficient (Wildman–Crippen LogP) is 1.64. The minimum atomic E-state index is -0.949. The molecule has 2 N–H and O–H groups in total. The fraction of sp³-hybridized carbons (Fsp3) is 0.529. The number of methoxy groups -OCH3 is 1. The van der Waals surface area contributed by atoms with Gasteiger partial charge in [0.25, 0.3) is 5.91 Å². The Kier molecular flexibility index (Phi) is 4.64. The third kappa shape index (κ3) is 3.30. The molecule has 136 valence electrons. The number of benzene rings is 1. The average molecular weight is 354 g/mol. The molecule has 0 radical (unpaired) electrons. The third-order valence-electron chi connectivity index (χ3n) is 5.24. The molecule has 1 spiro atoms. The lowest BCUT2D eigenvalue weighted by Crippen LogP contribution is -2.44. The number of carbonyl (C=O) groups is 2. The molecule has 0 aromatic heterocycles. The molecule has 2 aliphatic heterocycles. The predicted molar refractivity (Wildman–Crippen MR) is 84.5 cm³/mol. The molecule has 2 fully saturated rings. The summed E-state index contributed by atoms with van der Waals surface area (Å²) in [6.45, 7) is 1.27. The van der Waals surface area contributed by atoms with Crippen molar-refractivity contribution in [3.63, 3.8) is 0 Å². The van der Waals surface area contributed by atoms with Crippen molar-refractivity contribution in [2.24, 2.45) is 5.41 Å². The number of likely N-dealkylation sites (tertiary alicyclic amines) is 1. The van der Waals surface area contributed by atoms with Gasteiger partial charge >= 0.3 is 5.97 Å². The van der Waals surface area contributed by atoms with Crippen LogP contribution in [0.25, 0.3) is 0 Å². The van der Waals surface area contributed by atoms with Gasteiger partial charge in [0.15, 0.2) is 0 Å². The second-order valence-corrected chi connectivity index (χ2v) is 6.73. The molecule has 1 aromatic carbocycles. The number of carbonyl (C=O) groups excluding carboxylic acids is 1. The molecule has 2 aliphatic rings. The van der Waals surface area contributed by atoms with E-state index in [0.29, 0.717) is 38.9 Å². The van der Waals surface area contributed by atoms with Gasteiger partial charge in [-0.05, 0) is 24.7 Å². The first-order valence-corrected chi connectivity index (χ1v) is 8.14. The van der Waals surface area contributed by atoms with Crippen molar-refractivity contribution in [2.45, 2.75) is 25.3 Å². The van der Waals surface area contributed by atoms with Gasteiger partial charge < -0.3 is 20.1 Å². The van der Waals surface area contributed by atoms with Gasteiger partial charge in [0.05, 0.1) is 7.11 Å². The number of nitrogens with one attached hydrogen (secondary N) is 1. The van der Waals surface area contributed by atoms with E-state index in [2.05, 4.69) is 5.32 Å². The second kappa shape index (κ2) is 6.59. The lowest BCUT2D eigenvalue weighted by Gasteiger charge is -2.39. The smallest absolute Gasteiger partial charge is 0.320 e. The van der Waals surface area contributed by atoms with Crippen LogP contribution in [0.2, 0.25) is 0 Å². The van der Waals surface area contributed by atoms with Gasteiger partial charge in [-0.1, -0.05) is 0 Å². The van der Waals surface area contributed by atoms with Gasteiger partial charge in [-0.15, -0.1) is 0 Å². The quantitative estimate of drug-likeness (QED) is 0.863. The Morgan fingerprint density at radius 2 is 1.88 bits per heavy atom. The molecule has 1 aromatic rings. The van der Waals surface area contributed by atoms with Crippen LogP contribution in [0.5, 0.6) is 5.75 Å². The van der Waals surface area contributed by atoms with Crippen molar-refractivity contribution in [1.82, 2.24) is 10.2 Å². The maximum absolute atomic E-state index is 14.1. The Hall–Kier alpha value is -2.22. The summed E-state index contributed by atoms with van der Waals surface area (Å²) in [5.74, 6) is -3.45. The molecule has 25 heavy (non-hydrogen) atoms. The number of halogens is 2. The summed E-state index contributed by atoms with van der Waals surface area (Å²) >= 11 is 0. The third-order valence-corrected chi connectivity index (χ3v) is 5.24. The molecule has 6 nitrogen and oxygen atoms in total. The highest BCUT2D eigenvalue weighted by Crippen LogP contribution is 2.39. The first-order chi connectivity index (χ1) is 11.8. The number of amides is 1. The van der Waals surface area contributed by atoms with Crippen LogP contribution in [0, 0.1) is 17.0 Å². The zero-order chi connectivity index (χ0) is 18.2.